The lowest BCUT2D eigenvalue weighted by atomic mass is 10.1. The predicted molar refractivity (Wildman–Crippen MR) is 92.4 cm³/mol. The van der Waals surface area contributed by atoms with E-state index in [1.165, 1.54) is 27.7 Å². The van der Waals surface area contributed by atoms with Gasteiger partial charge in [0.05, 0.1) is 6.61 Å². The van der Waals surface area contributed by atoms with Crippen molar-refractivity contribution in [3.05, 3.63) is 12.4 Å². The lowest BCUT2D eigenvalue weighted by Gasteiger charge is -2.40. The smallest absolute Gasteiger partial charge is 0.466 e. The van der Waals surface area contributed by atoms with E-state index < -0.39 is 76.1 Å². The number of hydrogen-bond donors (Lipinski definition) is 0. The van der Waals surface area contributed by atoms with Gasteiger partial charge in [-0.1, -0.05) is 6.58 Å². The summed E-state index contributed by atoms with van der Waals surface area (Å²) in [5.74, 6) is -17.5. The molecule has 1 unspecified atom stereocenters. The molecule has 1 amide bonds. The van der Waals surface area contributed by atoms with Gasteiger partial charge in [-0.25, -0.2) is 13.2 Å². The maximum Gasteiger partial charge on any atom is 0.466 e. The van der Waals surface area contributed by atoms with Crippen molar-refractivity contribution in [1.29, 1.82) is 0 Å². The summed E-state index contributed by atoms with van der Waals surface area (Å²) < 4.78 is 147. The third kappa shape index (κ3) is 6.53. The minimum atomic E-state index is -6.97. The maximum absolute atomic E-state index is 13.9. The first-order chi connectivity index (χ1) is 14.5. The largest absolute Gasteiger partial charge is 0.743 e. The molecule has 17 heteroatoms. The second-order valence-corrected chi connectivity index (χ2v) is 8.50. The molecule has 0 aromatic heterocycles. The molecule has 0 aliphatic heterocycles. The standard InChI is InChI=1S/C16H21F8NO7S/c1-8(2)25(9(3)4)12(27)14(15(20,21)22,32-11(26)10(5)17)31-7-6-13(18,19)16(23,24)33(28,29)30/h8-9H,5-7H2,1-4H3,(H,28,29,30)/p-1. The molecule has 0 heterocycles. The average molecular weight is 522 g/mol. The molecule has 0 fully saturated rings. The third-order valence-corrected chi connectivity index (χ3v) is 4.85. The van der Waals surface area contributed by atoms with Crippen LogP contribution in [-0.2, 0) is 29.2 Å². The van der Waals surface area contributed by atoms with Crippen LogP contribution in [0.5, 0.6) is 0 Å². The van der Waals surface area contributed by atoms with Crippen molar-refractivity contribution in [3.8, 4) is 0 Å². The molecule has 0 rings (SSSR count). The highest BCUT2D eigenvalue weighted by Crippen LogP contribution is 2.43. The van der Waals surface area contributed by atoms with Crippen molar-refractivity contribution < 1.29 is 67.2 Å². The van der Waals surface area contributed by atoms with Crippen molar-refractivity contribution in [2.75, 3.05) is 6.61 Å². The van der Waals surface area contributed by atoms with Crippen LogP contribution in [0.1, 0.15) is 34.1 Å². The molecule has 33 heavy (non-hydrogen) atoms. The number of esters is 1. The summed E-state index contributed by atoms with van der Waals surface area (Å²) >= 11 is 0. The number of rotatable bonds is 11. The molecule has 0 aromatic carbocycles. The molecule has 0 bridgehead atoms. The number of carbonyl (C=O) groups is 2. The van der Waals surface area contributed by atoms with E-state index in [0.29, 0.717) is 4.90 Å². The highest BCUT2D eigenvalue weighted by molar-refractivity contribution is 7.86. The van der Waals surface area contributed by atoms with Gasteiger partial charge in [0, 0.05) is 18.5 Å². The van der Waals surface area contributed by atoms with Crippen molar-refractivity contribution in [3.63, 3.8) is 0 Å². The zero-order chi connectivity index (χ0) is 26.8. The predicted octanol–water partition coefficient (Wildman–Crippen LogP) is 3.10. The Morgan fingerprint density at radius 1 is 1.00 bits per heavy atom. The van der Waals surface area contributed by atoms with Crippen LogP contribution in [0.2, 0.25) is 0 Å². The Kier molecular flexibility index (Phi) is 9.47. The Bertz CT molecular complexity index is 849. The van der Waals surface area contributed by atoms with Crippen molar-refractivity contribution in [1.82, 2.24) is 4.90 Å². The topological polar surface area (TPSA) is 113 Å². The third-order valence-electron chi connectivity index (χ3n) is 3.92. The van der Waals surface area contributed by atoms with Crippen LogP contribution in [0.25, 0.3) is 0 Å². The van der Waals surface area contributed by atoms with E-state index in [-0.39, 0.29) is 0 Å². The Balaban J connectivity index is 6.46. The van der Waals surface area contributed by atoms with Gasteiger partial charge >= 0.3 is 35.0 Å². The quantitative estimate of drug-likeness (QED) is 0.135. The normalized spacial score (nSPS) is 15.4. The van der Waals surface area contributed by atoms with Crippen LogP contribution in [0.3, 0.4) is 0 Å². The Morgan fingerprint density at radius 2 is 1.42 bits per heavy atom. The van der Waals surface area contributed by atoms with Crippen molar-refractivity contribution in [2.24, 2.45) is 0 Å². The monoisotopic (exact) mass is 522 g/mol. The first kappa shape index (κ1) is 31.0. The van der Waals surface area contributed by atoms with E-state index in [0.717, 1.165) is 0 Å². The molecule has 0 aromatic rings. The van der Waals surface area contributed by atoms with Crippen LogP contribution in [0, 0.1) is 0 Å². The molecule has 0 spiro atoms. The average Bonchev–Trinajstić information content (AvgIpc) is 2.57. The van der Waals surface area contributed by atoms with Crippen molar-refractivity contribution >= 4 is 22.0 Å². The number of hydrogen-bond acceptors (Lipinski definition) is 7. The Hall–Kier alpha value is -2.01. The molecule has 0 aliphatic carbocycles. The highest BCUT2D eigenvalue weighted by atomic mass is 32.2. The lowest BCUT2D eigenvalue weighted by Crippen LogP contribution is -2.64. The van der Waals surface area contributed by atoms with Gasteiger partial charge in [-0.2, -0.15) is 35.1 Å². The number of carbonyl (C=O) groups excluding carboxylic acids is 2. The fourth-order valence-electron chi connectivity index (χ4n) is 2.47. The van der Waals surface area contributed by atoms with Crippen LogP contribution in [-0.4, -0.2) is 71.6 Å². The van der Waals surface area contributed by atoms with Gasteiger partial charge in [-0.3, -0.25) is 4.79 Å². The van der Waals surface area contributed by atoms with Gasteiger partial charge in [0.15, 0.2) is 10.1 Å². The van der Waals surface area contributed by atoms with Crippen LogP contribution >= 0.6 is 0 Å². The van der Waals surface area contributed by atoms with Crippen LogP contribution < -0.4 is 0 Å². The molecular formula is C16H20F8NO7S-. The van der Waals surface area contributed by atoms with Gasteiger partial charge in [0.25, 0.3) is 0 Å². The van der Waals surface area contributed by atoms with Crippen molar-refractivity contribution in [2.45, 2.75) is 69.3 Å². The second-order valence-electron chi connectivity index (χ2n) is 7.08. The zero-order valence-electron chi connectivity index (χ0n) is 17.5. The van der Waals surface area contributed by atoms with Gasteiger partial charge in [0.1, 0.15) is 0 Å². The molecular weight excluding hydrogens is 502 g/mol. The van der Waals surface area contributed by atoms with E-state index in [4.69, 9.17) is 0 Å². The minimum absolute atomic E-state index is 0.413. The fourth-order valence-corrected chi connectivity index (χ4v) is 2.94. The summed E-state index contributed by atoms with van der Waals surface area (Å²) in [4.78, 5) is 24.6. The zero-order valence-corrected chi connectivity index (χ0v) is 18.3. The first-order valence-electron chi connectivity index (χ1n) is 8.78. The van der Waals surface area contributed by atoms with E-state index >= 15 is 0 Å². The van der Waals surface area contributed by atoms with E-state index in [1.54, 1.807) is 0 Å². The van der Waals surface area contributed by atoms with Gasteiger partial charge in [-0.15, -0.1) is 0 Å². The van der Waals surface area contributed by atoms with Crippen LogP contribution in [0.15, 0.2) is 12.4 Å². The van der Waals surface area contributed by atoms with E-state index in [2.05, 4.69) is 16.1 Å². The molecule has 0 saturated carbocycles. The molecule has 0 N–H and O–H groups in total. The number of ether oxygens (including phenoxy) is 2. The van der Waals surface area contributed by atoms with Gasteiger partial charge < -0.3 is 18.9 Å². The van der Waals surface area contributed by atoms with E-state index in [1.807, 2.05) is 0 Å². The Labute approximate surface area is 183 Å². The minimum Gasteiger partial charge on any atom is -0.743 e. The van der Waals surface area contributed by atoms with Gasteiger partial charge in [0.2, 0.25) is 5.83 Å². The van der Waals surface area contributed by atoms with E-state index in [9.17, 15) is 57.7 Å². The molecule has 1 atom stereocenters. The summed E-state index contributed by atoms with van der Waals surface area (Å²) in [5.41, 5.74) is 0. The van der Waals surface area contributed by atoms with Gasteiger partial charge in [-0.05, 0) is 27.7 Å². The molecule has 0 saturated heterocycles. The first-order valence-corrected chi connectivity index (χ1v) is 10.2. The number of nitrogens with zero attached hydrogens (tertiary/aromatic N) is 1. The maximum atomic E-state index is 13.9. The number of halogens is 8. The Morgan fingerprint density at radius 3 is 1.73 bits per heavy atom. The molecule has 0 radical (unpaired) electrons. The number of amides is 1. The lowest BCUT2D eigenvalue weighted by molar-refractivity contribution is -0.354. The summed E-state index contributed by atoms with van der Waals surface area (Å²) in [6.45, 7) is 4.96. The SMILES string of the molecule is C=C(F)C(=O)OC(OCCC(F)(F)C(F)(F)S(=O)(=O)[O-])(C(=O)N(C(C)C)C(C)C)C(F)(F)F. The summed E-state index contributed by atoms with van der Waals surface area (Å²) in [6.07, 6.45) is -8.64. The number of alkyl halides is 7. The highest BCUT2D eigenvalue weighted by Gasteiger charge is 2.69. The summed E-state index contributed by atoms with van der Waals surface area (Å²) in [5, 5.41) is -6.26. The molecule has 0 aliphatic rings. The fraction of sp³-hybridized carbons (Fsp3) is 0.750. The van der Waals surface area contributed by atoms with Crippen LogP contribution in [0.4, 0.5) is 35.1 Å². The summed E-state index contributed by atoms with van der Waals surface area (Å²) in [6, 6.07) is -2.13. The molecule has 194 valence electrons. The summed E-state index contributed by atoms with van der Waals surface area (Å²) in [7, 11) is -6.97. The molecule has 8 nitrogen and oxygen atoms in total. The second kappa shape index (κ2) is 10.1.